The summed E-state index contributed by atoms with van der Waals surface area (Å²) < 4.78 is 117. The number of carbonyl (C=O) groups is 2. The molecule has 1 aromatic heterocycles. The maximum Gasteiger partial charge on any atom is 0.294 e. The molecule has 2 heterocycles. The number of rotatable bonds is 19. The third-order valence-electron chi connectivity index (χ3n) is 12.2. The SMILES string of the molecule is CCNC(=O)C1(OCNCCCCCCOC=O)CC(/C=C/c2c3ccccc3[n+](C)c3cc(S(=O)(=O)O)ccc23)=CC(=C/C=C2c3ccc(S(=O)(=O)O)cc3N(C)c3cc(S(=O)(=O)O)ccc32)/C1. The molecule has 20 heteroatoms. The van der Waals surface area contributed by atoms with Crippen LogP contribution in [0.4, 0.5) is 11.4 Å². The number of hydrogen-bond acceptors (Lipinski definition) is 12. The Morgan fingerprint density at radius 2 is 1.38 bits per heavy atom. The molecular formula is C49H53N4O13S3+. The summed E-state index contributed by atoms with van der Waals surface area (Å²) in [5, 5.41) is 7.80. The van der Waals surface area contributed by atoms with Gasteiger partial charge in [-0.3, -0.25) is 28.6 Å². The lowest BCUT2D eigenvalue weighted by molar-refractivity contribution is -0.617. The van der Waals surface area contributed by atoms with E-state index in [1.165, 1.54) is 48.5 Å². The van der Waals surface area contributed by atoms with Crippen molar-refractivity contribution >= 4 is 87.6 Å². The summed E-state index contributed by atoms with van der Waals surface area (Å²) in [5.41, 5.74) is 4.21. The Balaban J connectivity index is 1.36. The van der Waals surface area contributed by atoms with Crippen LogP contribution in [0.3, 0.4) is 0 Å². The molecule has 0 spiro atoms. The summed E-state index contributed by atoms with van der Waals surface area (Å²) in [6.45, 7) is 3.52. The van der Waals surface area contributed by atoms with Gasteiger partial charge in [-0.05, 0) is 85.5 Å². The van der Waals surface area contributed by atoms with Crippen molar-refractivity contribution < 1.29 is 62.5 Å². The molecule has 5 aromatic rings. The van der Waals surface area contributed by atoms with Crippen LogP contribution in [0.25, 0.3) is 33.5 Å². The first-order valence-corrected chi connectivity index (χ1v) is 26.3. The first-order valence-electron chi connectivity index (χ1n) is 22.0. The van der Waals surface area contributed by atoms with Gasteiger partial charge in [0.15, 0.2) is 5.60 Å². The average Bonchev–Trinajstić information content (AvgIpc) is 3.31. The third-order valence-corrected chi connectivity index (χ3v) is 14.8. The zero-order valence-electron chi connectivity index (χ0n) is 38.1. The number of hydrogen-bond donors (Lipinski definition) is 5. The number of unbranched alkanes of at least 4 members (excludes halogenated alkanes) is 3. The van der Waals surface area contributed by atoms with Crippen LogP contribution < -0.4 is 20.1 Å². The molecule has 0 radical (unpaired) electrons. The van der Waals surface area contributed by atoms with E-state index in [-0.39, 0.29) is 40.2 Å². The number of anilines is 2. The summed E-state index contributed by atoms with van der Waals surface area (Å²) in [6, 6.07) is 20.1. The van der Waals surface area contributed by atoms with Crippen molar-refractivity contribution in [2.45, 2.75) is 65.7 Å². The molecule has 0 saturated carbocycles. The number of pyridine rings is 1. The highest BCUT2D eigenvalue weighted by atomic mass is 32.2. The highest BCUT2D eigenvalue weighted by molar-refractivity contribution is 7.86. The molecule has 5 N–H and O–H groups in total. The molecule has 0 bridgehead atoms. The topological polar surface area (TPSA) is 247 Å². The Morgan fingerprint density at radius 3 is 2.01 bits per heavy atom. The lowest BCUT2D eigenvalue weighted by atomic mass is 9.80. The standard InChI is InChI=1S/C49H52N4O13S3/c1-4-51-48(55)49(66-31-50-23-9-5-6-10-24-65-32-54)29-33(13-18-38-40-11-7-8-12-44(40)52(2)45-26-35(67(56,57)58)15-20-41(38)45)25-34(30-49)14-19-39-42-21-16-36(68(59,60)61)27-46(42)53(3)47-28-37(69(62,63)64)17-22-43(39)47/h7-8,11-22,25-28,32,50H,4-6,9-10,23-24,29-31H2,1-3H3,(H3-,51,55,56,57,58,59,60,61,62,63,64)/p+1. The number of nitrogens with zero attached hydrogens (tertiary/aromatic N) is 2. The fourth-order valence-corrected chi connectivity index (χ4v) is 10.3. The van der Waals surface area contributed by atoms with E-state index in [1.807, 2.05) is 47.1 Å². The summed E-state index contributed by atoms with van der Waals surface area (Å²) in [5.74, 6) is -0.356. The average molecular weight is 1000 g/mol. The first kappa shape index (κ1) is 50.8. The number of aryl methyl sites for hydroxylation is 1. The lowest BCUT2D eigenvalue weighted by Gasteiger charge is -2.36. The van der Waals surface area contributed by atoms with E-state index < -0.39 is 36.0 Å². The number of fused-ring (bicyclic) bond motifs is 4. The number of para-hydroxylation sites is 1. The van der Waals surface area contributed by atoms with Gasteiger partial charge < -0.3 is 19.7 Å². The zero-order chi connectivity index (χ0) is 49.7. The number of carbonyl (C=O) groups excluding carboxylic acids is 2. The van der Waals surface area contributed by atoms with Gasteiger partial charge >= 0.3 is 0 Å². The molecule has 69 heavy (non-hydrogen) atoms. The van der Waals surface area contributed by atoms with E-state index in [0.717, 1.165) is 42.1 Å². The highest BCUT2D eigenvalue weighted by Gasteiger charge is 2.42. The van der Waals surface area contributed by atoms with Gasteiger partial charge in [0.05, 0.1) is 45.3 Å². The monoisotopic (exact) mass is 1000 g/mol. The van der Waals surface area contributed by atoms with Gasteiger partial charge in [0.1, 0.15) is 11.9 Å². The summed E-state index contributed by atoms with van der Waals surface area (Å²) in [4.78, 5) is 25.3. The van der Waals surface area contributed by atoms with Crippen LogP contribution in [0.15, 0.2) is 129 Å². The molecule has 7 rings (SSSR count). The predicted molar refractivity (Wildman–Crippen MR) is 260 cm³/mol. The maximum absolute atomic E-state index is 14.4. The summed E-state index contributed by atoms with van der Waals surface area (Å²) >= 11 is 0. The van der Waals surface area contributed by atoms with Crippen molar-refractivity contribution in [1.29, 1.82) is 0 Å². The van der Waals surface area contributed by atoms with Crippen molar-refractivity contribution in [1.82, 2.24) is 10.6 Å². The number of ether oxygens (including phenoxy) is 2. The largest absolute Gasteiger partial charge is 0.468 e. The Bertz CT molecular complexity index is 3230. The van der Waals surface area contributed by atoms with Gasteiger partial charge in [-0.25, -0.2) is 0 Å². The second-order valence-electron chi connectivity index (χ2n) is 16.8. The van der Waals surface area contributed by atoms with E-state index in [4.69, 9.17) is 9.47 Å². The van der Waals surface area contributed by atoms with E-state index in [0.29, 0.717) is 76.3 Å². The summed E-state index contributed by atoms with van der Waals surface area (Å²) in [7, 11) is -10.4. The summed E-state index contributed by atoms with van der Waals surface area (Å²) in [6.07, 6.45) is 12.8. The minimum absolute atomic E-state index is 0.0244. The molecule has 1 unspecified atom stereocenters. The third kappa shape index (κ3) is 11.3. The first-order chi connectivity index (χ1) is 32.8. The van der Waals surface area contributed by atoms with E-state index >= 15 is 0 Å². The molecule has 0 saturated heterocycles. The number of aromatic nitrogens is 1. The fraction of sp³-hybridized carbons (Fsp3) is 0.286. The lowest BCUT2D eigenvalue weighted by Crippen LogP contribution is -2.51. The number of allylic oxidation sites excluding steroid dienone is 4. The van der Waals surface area contributed by atoms with Crippen LogP contribution in [0.5, 0.6) is 0 Å². The van der Waals surface area contributed by atoms with Crippen molar-refractivity contribution in [3.05, 3.63) is 131 Å². The van der Waals surface area contributed by atoms with Crippen molar-refractivity contribution in [2.75, 3.05) is 38.4 Å². The van der Waals surface area contributed by atoms with Gasteiger partial charge in [0.2, 0.25) is 11.0 Å². The maximum atomic E-state index is 14.4. The van der Waals surface area contributed by atoms with Crippen molar-refractivity contribution in [2.24, 2.45) is 7.05 Å². The smallest absolute Gasteiger partial charge is 0.294 e. The Morgan fingerprint density at radius 1 is 0.768 bits per heavy atom. The molecule has 364 valence electrons. The van der Waals surface area contributed by atoms with Gasteiger partial charge in [-0.15, -0.1) is 0 Å². The Labute approximate surface area is 401 Å². The second kappa shape index (κ2) is 20.9. The quantitative estimate of drug-likeness (QED) is 0.0146. The van der Waals surface area contributed by atoms with Gasteiger partial charge in [-0.2, -0.15) is 29.8 Å². The highest BCUT2D eigenvalue weighted by Crippen LogP contribution is 2.46. The minimum atomic E-state index is -4.64. The van der Waals surface area contributed by atoms with Crippen molar-refractivity contribution in [3.8, 4) is 0 Å². The number of amides is 1. The molecule has 1 amide bonds. The van der Waals surface area contributed by atoms with Crippen LogP contribution in [0, 0.1) is 0 Å². The zero-order valence-corrected chi connectivity index (χ0v) is 40.5. The molecule has 1 aliphatic carbocycles. The van der Waals surface area contributed by atoms with Crippen LogP contribution in [0.2, 0.25) is 0 Å². The fourth-order valence-electron chi connectivity index (χ4n) is 8.84. The Hall–Kier alpha value is -6.10. The number of nitrogens with one attached hydrogen (secondary N) is 2. The molecule has 2 aliphatic rings. The normalized spacial score (nSPS) is 17.0. The number of benzene rings is 4. The molecule has 1 aliphatic heterocycles. The molecular weight excluding hydrogens is 949 g/mol. The second-order valence-corrected chi connectivity index (χ2v) is 21.0. The van der Waals surface area contributed by atoms with Gasteiger partial charge in [0, 0.05) is 55.3 Å². The van der Waals surface area contributed by atoms with Gasteiger partial charge in [0.25, 0.3) is 42.7 Å². The predicted octanol–water partition coefficient (Wildman–Crippen LogP) is 6.60. The minimum Gasteiger partial charge on any atom is -0.468 e. The number of likely N-dealkylation sites (N-methyl/N-ethyl adjacent to an activating group) is 1. The van der Waals surface area contributed by atoms with Crippen LogP contribution in [0.1, 0.15) is 62.1 Å². The van der Waals surface area contributed by atoms with Gasteiger partial charge in [-0.1, -0.05) is 67.5 Å². The van der Waals surface area contributed by atoms with E-state index in [1.54, 1.807) is 44.1 Å². The molecule has 0 fully saturated rings. The van der Waals surface area contributed by atoms with Crippen molar-refractivity contribution in [3.63, 3.8) is 0 Å². The molecule has 17 nitrogen and oxygen atoms in total. The Kier molecular flexibility index (Phi) is 15.4. The van der Waals surface area contributed by atoms with Crippen LogP contribution >= 0.6 is 0 Å². The van der Waals surface area contributed by atoms with E-state index in [9.17, 15) is 48.5 Å². The van der Waals surface area contributed by atoms with Crippen LogP contribution in [-0.2, 0) is 56.5 Å². The molecule has 1 atom stereocenters. The van der Waals surface area contributed by atoms with Crippen LogP contribution in [-0.4, -0.2) is 90.4 Å². The molecule has 4 aromatic carbocycles. The van der Waals surface area contributed by atoms with E-state index in [2.05, 4.69) is 10.6 Å².